The average molecular weight is 312 g/mol. The standard InChI is InChI=1S/C13H16N2O5S/c1-9(13(17)18)21(19,20)14-10-4-6-11(7-5-10)15-8-2-3-12(15)16/h4-7,9,14H,2-3,8H2,1H3,(H,17,18). The number of carbonyl (C=O) groups is 2. The molecule has 1 amide bonds. The summed E-state index contributed by atoms with van der Waals surface area (Å²) in [4.78, 5) is 24.0. The van der Waals surface area contributed by atoms with E-state index in [2.05, 4.69) is 4.72 Å². The predicted octanol–water partition coefficient (Wildman–Crippen LogP) is 1.03. The molecule has 0 aromatic heterocycles. The Labute approximate surface area is 122 Å². The van der Waals surface area contributed by atoms with Crippen LogP contribution in [0.2, 0.25) is 0 Å². The van der Waals surface area contributed by atoms with E-state index in [4.69, 9.17) is 5.11 Å². The van der Waals surface area contributed by atoms with E-state index in [0.717, 1.165) is 13.3 Å². The number of anilines is 2. The van der Waals surface area contributed by atoms with E-state index in [1.54, 1.807) is 17.0 Å². The van der Waals surface area contributed by atoms with Crippen molar-refractivity contribution in [3.63, 3.8) is 0 Å². The zero-order chi connectivity index (χ0) is 15.6. The fourth-order valence-electron chi connectivity index (χ4n) is 2.02. The molecule has 1 aliphatic heterocycles. The van der Waals surface area contributed by atoms with Gasteiger partial charge in [0.05, 0.1) is 0 Å². The van der Waals surface area contributed by atoms with Gasteiger partial charge in [-0.2, -0.15) is 0 Å². The first kappa shape index (κ1) is 15.3. The van der Waals surface area contributed by atoms with Crippen molar-refractivity contribution in [1.29, 1.82) is 0 Å². The highest BCUT2D eigenvalue weighted by Gasteiger charge is 2.27. The molecule has 1 aromatic carbocycles. The number of carbonyl (C=O) groups excluding carboxylic acids is 1. The first-order chi connectivity index (χ1) is 9.81. The van der Waals surface area contributed by atoms with Crippen LogP contribution < -0.4 is 9.62 Å². The number of sulfonamides is 1. The van der Waals surface area contributed by atoms with Gasteiger partial charge in [0.15, 0.2) is 5.25 Å². The molecule has 0 bridgehead atoms. The lowest BCUT2D eigenvalue weighted by Crippen LogP contribution is -2.32. The average Bonchev–Trinajstić information content (AvgIpc) is 2.84. The van der Waals surface area contributed by atoms with Gasteiger partial charge in [0.25, 0.3) is 0 Å². The van der Waals surface area contributed by atoms with Crippen molar-refractivity contribution >= 4 is 33.3 Å². The number of benzene rings is 1. The molecule has 0 aliphatic carbocycles. The minimum Gasteiger partial charge on any atom is -0.480 e. The van der Waals surface area contributed by atoms with Crippen LogP contribution in [0.15, 0.2) is 24.3 Å². The Bertz CT molecular complexity index is 654. The maximum absolute atomic E-state index is 11.8. The van der Waals surface area contributed by atoms with Crippen LogP contribution in [0.5, 0.6) is 0 Å². The zero-order valence-electron chi connectivity index (χ0n) is 11.4. The lowest BCUT2D eigenvalue weighted by atomic mass is 10.2. The van der Waals surface area contributed by atoms with Gasteiger partial charge < -0.3 is 10.0 Å². The Kier molecular flexibility index (Phi) is 4.17. The summed E-state index contributed by atoms with van der Waals surface area (Å²) >= 11 is 0. The Hall–Kier alpha value is -2.09. The summed E-state index contributed by atoms with van der Waals surface area (Å²) in [6, 6.07) is 6.28. The second-order valence-electron chi connectivity index (χ2n) is 4.82. The number of carboxylic acids is 1. The van der Waals surface area contributed by atoms with Crippen molar-refractivity contribution in [2.45, 2.75) is 25.0 Å². The second-order valence-corrected chi connectivity index (χ2v) is 6.82. The largest absolute Gasteiger partial charge is 0.480 e. The molecule has 7 nitrogen and oxygen atoms in total. The van der Waals surface area contributed by atoms with E-state index < -0.39 is 21.2 Å². The second kappa shape index (κ2) is 5.72. The number of hydrogen-bond acceptors (Lipinski definition) is 4. The molecular weight excluding hydrogens is 296 g/mol. The van der Waals surface area contributed by atoms with Crippen molar-refractivity contribution in [2.24, 2.45) is 0 Å². The predicted molar refractivity (Wildman–Crippen MR) is 77.7 cm³/mol. The topological polar surface area (TPSA) is 104 Å². The zero-order valence-corrected chi connectivity index (χ0v) is 12.3. The van der Waals surface area contributed by atoms with Gasteiger partial charge in [0, 0.05) is 24.3 Å². The van der Waals surface area contributed by atoms with Gasteiger partial charge in [-0.05, 0) is 37.6 Å². The molecule has 21 heavy (non-hydrogen) atoms. The fraction of sp³-hybridized carbons (Fsp3) is 0.385. The first-order valence-electron chi connectivity index (χ1n) is 6.46. The quantitative estimate of drug-likeness (QED) is 0.845. The number of hydrogen-bond donors (Lipinski definition) is 2. The van der Waals surface area contributed by atoms with Crippen molar-refractivity contribution in [3.05, 3.63) is 24.3 Å². The monoisotopic (exact) mass is 312 g/mol. The van der Waals surface area contributed by atoms with Gasteiger partial charge in [-0.3, -0.25) is 14.3 Å². The van der Waals surface area contributed by atoms with Gasteiger partial charge >= 0.3 is 5.97 Å². The third-order valence-electron chi connectivity index (χ3n) is 3.33. The number of rotatable bonds is 5. The molecule has 1 fully saturated rings. The van der Waals surface area contributed by atoms with Gasteiger partial charge in [-0.1, -0.05) is 0 Å². The molecule has 1 saturated heterocycles. The minimum atomic E-state index is -3.99. The maximum atomic E-state index is 11.8. The van der Waals surface area contributed by atoms with Crippen molar-refractivity contribution in [2.75, 3.05) is 16.2 Å². The third-order valence-corrected chi connectivity index (χ3v) is 4.98. The lowest BCUT2D eigenvalue weighted by molar-refractivity contribution is -0.136. The number of amides is 1. The highest BCUT2D eigenvalue weighted by molar-refractivity contribution is 7.94. The molecule has 1 atom stereocenters. The highest BCUT2D eigenvalue weighted by atomic mass is 32.2. The summed E-state index contributed by atoms with van der Waals surface area (Å²) in [7, 11) is -3.99. The van der Waals surface area contributed by atoms with Crippen molar-refractivity contribution in [3.8, 4) is 0 Å². The molecule has 1 heterocycles. The first-order valence-corrected chi connectivity index (χ1v) is 8.01. The van der Waals surface area contributed by atoms with E-state index >= 15 is 0 Å². The molecular formula is C13H16N2O5S. The van der Waals surface area contributed by atoms with E-state index in [0.29, 0.717) is 18.7 Å². The normalized spacial score (nSPS) is 16.8. The molecule has 114 valence electrons. The minimum absolute atomic E-state index is 0.0443. The van der Waals surface area contributed by atoms with Crippen molar-refractivity contribution < 1.29 is 23.1 Å². The summed E-state index contributed by atoms with van der Waals surface area (Å²) in [6.45, 7) is 1.75. The molecule has 0 saturated carbocycles. The fourth-order valence-corrected chi connectivity index (χ4v) is 2.92. The SMILES string of the molecule is CC(C(=O)O)S(=O)(=O)Nc1ccc(N2CCCC2=O)cc1. The molecule has 1 unspecified atom stereocenters. The summed E-state index contributed by atoms with van der Waals surface area (Å²) in [6.07, 6.45) is 1.33. The van der Waals surface area contributed by atoms with E-state index in [-0.39, 0.29) is 11.6 Å². The summed E-state index contributed by atoms with van der Waals surface area (Å²) in [5.74, 6) is -1.37. The van der Waals surface area contributed by atoms with Crippen LogP contribution in [0.1, 0.15) is 19.8 Å². The Morgan fingerprint density at radius 2 is 1.95 bits per heavy atom. The van der Waals surface area contributed by atoms with Crippen LogP contribution in [-0.4, -0.2) is 37.2 Å². The van der Waals surface area contributed by atoms with Crippen LogP contribution in [-0.2, 0) is 19.6 Å². The Morgan fingerprint density at radius 3 is 2.43 bits per heavy atom. The summed E-state index contributed by atoms with van der Waals surface area (Å²) < 4.78 is 25.8. The highest BCUT2D eigenvalue weighted by Crippen LogP contribution is 2.23. The maximum Gasteiger partial charge on any atom is 0.323 e. The third kappa shape index (κ3) is 3.33. The van der Waals surface area contributed by atoms with Crippen molar-refractivity contribution in [1.82, 2.24) is 0 Å². The summed E-state index contributed by atoms with van der Waals surface area (Å²) in [5, 5.41) is 7.21. The van der Waals surface area contributed by atoms with Crippen LogP contribution >= 0.6 is 0 Å². The van der Waals surface area contributed by atoms with E-state index in [1.807, 2.05) is 0 Å². The van der Waals surface area contributed by atoms with Crippen LogP contribution in [0, 0.1) is 0 Å². The van der Waals surface area contributed by atoms with Gasteiger partial charge in [0.1, 0.15) is 0 Å². The Balaban J connectivity index is 2.13. The van der Waals surface area contributed by atoms with Gasteiger partial charge in [0.2, 0.25) is 15.9 Å². The number of nitrogens with zero attached hydrogens (tertiary/aromatic N) is 1. The molecule has 2 rings (SSSR count). The van der Waals surface area contributed by atoms with Gasteiger partial charge in [-0.15, -0.1) is 0 Å². The molecule has 8 heteroatoms. The van der Waals surface area contributed by atoms with Crippen LogP contribution in [0.3, 0.4) is 0 Å². The van der Waals surface area contributed by atoms with E-state index in [9.17, 15) is 18.0 Å². The lowest BCUT2D eigenvalue weighted by Gasteiger charge is -2.16. The van der Waals surface area contributed by atoms with Crippen LogP contribution in [0.25, 0.3) is 0 Å². The molecule has 1 aliphatic rings. The smallest absolute Gasteiger partial charge is 0.323 e. The Morgan fingerprint density at radius 1 is 1.33 bits per heavy atom. The number of nitrogens with one attached hydrogen (secondary N) is 1. The molecule has 2 N–H and O–H groups in total. The summed E-state index contributed by atoms with van der Waals surface area (Å²) in [5.41, 5.74) is 0.963. The molecule has 0 radical (unpaired) electrons. The number of carboxylic acid groups (broad SMARTS) is 1. The number of aliphatic carboxylic acids is 1. The van der Waals surface area contributed by atoms with Crippen LogP contribution in [0.4, 0.5) is 11.4 Å². The molecule has 0 spiro atoms. The van der Waals surface area contributed by atoms with Gasteiger partial charge in [-0.25, -0.2) is 8.42 Å². The van der Waals surface area contributed by atoms with E-state index in [1.165, 1.54) is 12.1 Å². The molecule has 1 aromatic rings.